The fourth-order valence-corrected chi connectivity index (χ4v) is 4.09. The summed E-state index contributed by atoms with van der Waals surface area (Å²) in [5.41, 5.74) is 0.917. The van der Waals surface area contributed by atoms with Gasteiger partial charge in [-0.2, -0.15) is 4.98 Å². The number of nitrogens with zero attached hydrogens (tertiary/aromatic N) is 3. The van der Waals surface area contributed by atoms with Crippen molar-refractivity contribution in [1.29, 1.82) is 0 Å². The Morgan fingerprint density at radius 2 is 1.85 bits per heavy atom. The fourth-order valence-electron chi connectivity index (χ4n) is 3.23. The highest BCUT2D eigenvalue weighted by atomic mass is 32.2. The second-order valence-corrected chi connectivity index (χ2v) is 7.73. The summed E-state index contributed by atoms with van der Waals surface area (Å²) in [6, 6.07) is 19.9. The summed E-state index contributed by atoms with van der Waals surface area (Å²) in [7, 11) is 0. The quantitative estimate of drug-likeness (QED) is 0.600. The number of rotatable bonds is 6. The Labute approximate surface area is 162 Å². The zero-order valence-electron chi connectivity index (χ0n) is 15.0. The molecule has 1 fully saturated rings. The van der Waals surface area contributed by atoms with Gasteiger partial charge in [-0.15, -0.1) is 11.8 Å². The van der Waals surface area contributed by atoms with Crippen LogP contribution in [-0.2, 0) is 4.79 Å². The molecular formula is C21H21N3O2S. The van der Waals surface area contributed by atoms with Crippen molar-refractivity contribution in [3.05, 3.63) is 66.5 Å². The molecule has 1 saturated heterocycles. The van der Waals surface area contributed by atoms with Crippen LogP contribution in [0, 0.1) is 0 Å². The molecule has 2 aromatic carbocycles. The molecule has 6 heteroatoms. The summed E-state index contributed by atoms with van der Waals surface area (Å²) in [4.78, 5) is 20.1. The van der Waals surface area contributed by atoms with Crippen LogP contribution in [0.5, 0.6) is 0 Å². The number of amides is 1. The predicted molar refractivity (Wildman–Crippen MR) is 105 cm³/mol. The molecule has 0 N–H and O–H groups in total. The van der Waals surface area contributed by atoms with Crippen molar-refractivity contribution in [1.82, 2.24) is 15.0 Å². The summed E-state index contributed by atoms with van der Waals surface area (Å²) >= 11 is 1.72. The maximum absolute atomic E-state index is 12.5. The van der Waals surface area contributed by atoms with Crippen LogP contribution in [0.25, 0.3) is 11.5 Å². The molecular weight excluding hydrogens is 358 g/mol. The maximum Gasteiger partial charge on any atom is 0.257 e. The molecule has 1 aliphatic heterocycles. The maximum atomic E-state index is 12.5. The standard InChI is InChI=1S/C21H21N3O2S/c25-19(12-14-27-18-9-5-2-6-10-18)24-13-11-17(15-24)20-22-21(26-23-20)16-7-3-1-4-8-16/h1-10,17H,11-15H2. The van der Waals surface area contributed by atoms with Crippen molar-refractivity contribution < 1.29 is 9.32 Å². The lowest BCUT2D eigenvalue weighted by Gasteiger charge is -2.15. The van der Waals surface area contributed by atoms with Crippen molar-refractivity contribution >= 4 is 17.7 Å². The number of thioether (sulfide) groups is 1. The molecule has 0 aliphatic carbocycles. The molecule has 3 aromatic rings. The van der Waals surface area contributed by atoms with Gasteiger partial charge < -0.3 is 9.42 Å². The largest absolute Gasteiger partial charge is 0.342 e. The van der Waals surface area contributed by atoms with Crippen molar-refractivity contribution in [2.24, 2.45) is 0 Å². The van der Waals surface area contributed by atoms with Crippen LogP contribution in [0.2, 0.25) is 0 Å². The molecule has 1 aliphatic rings. The first kappa shape index (κ1) is 17.8. The highest BCUT2D eigenvalue weighted by molar-refractivity contribution is 7.99. The molecule has 5 nitrogen and oxygen atoms in total. The molecule has 0 radical (unpaired) electrons. The first-order valence-electron chi connectivity index (χ1n) is 9.14. The van der Waals surface area contributed by atoms with Crippen molar-refractivity contribution in [2.75, 3.05) is 18.8 Å². The zero-order valence-corrected chi connectivity index (χ0v) is 15.8. The van der Waals surface area contributed by atoms with Crippen LogP contribution in [0.4, 0.5) is 0 Å². The molecule has 138 valence electrons. The van der Waals surface area contributed by atoms with E-state index < -0.39 is 0 Å². The van der Waals surface area contributed by atoms with E-state index >= 15 is 0 Å². The smallest absolute Gasteiger partial charge is 0.257 e. The Bertz CT molecular complexity index is 883. The lowest BCUT2D eigenvalue weighted by atomic mass is 10.1. The van der Waals surface area contributed by atoms with Gasteiger partial charge in [0.05, 0.1) is 0 Å². The molecule has 0 spiro atoms. The minimum absolute atomic E-state index is 0.150. The molecule has 1 unspecified atom stereocenters. The normalized spacial score (nSPS) is 16.6. The third kappa shape index (κ3) is 4.39. The third-order valence-corrected chi connectivity index (χ3v) is 5.71. The molecule has 27 heavy (non-hydrogen) atoms. The summed E-state index contributed by atoms with van der Waals surface area (Å²) in [6.45, 7) is 1.43. The van der Waals surface area contributed by atoms with Gasteiger partial charge in [-0.05, 0) is 30.7 Å². The number of carbonyl (C=O) groups is 1. The van der Waals surface area contributed by atoms with Gasteiger partial charge >= 0.3 is 0 Å². The van der Waals surface area contributed by atoms with E-state index in [9.17, 15) is 4.79 Å². The lowest BCUT2D eigenvalue weighted by Crippen LogP contribution is -2.28. The van der Waals surface area contributed by atoms with Crippen LogP contribution in [0.15, 0.2) is 70.1 Å². The van der Waals surface area contributed by atoms with E-state index in [4.69, 9.17) is 4.52 Å². The van der Waals surface area contributed by atoms with Crippen LogP contribution < -0.4 is 0 Å². The van der Waals surface area contributed by atoms with Crippen molar-refractivity contribution in [3.63, 3.8) is 0 Å². The average Bonchev–Trinajstić information content (AvgIpc) is 3.39. The van der Waals surface area contributed by atoms with Gasteiger partial charge in [0, 0.05) is 41.6 Å². The van der Waals surface area contributed by atoms with E-state index in [1.54, 1.807) is 11.8 Å². The Hall–Kier alpha value is -2.60. The lowest BCUT2D eigenvalue weighted by molar-refractivity contribution is -0.129. The third-order valence-electron chi connectivity index (χ3n) is 4.70. The molecule has 1 amide bonds. The number of hydrogen-bond acceptors (Lipinski definition) is 5. The molecule has 1 atom stereocenters. The Kier molecular flexibility index (Phi) is 5.53. The van der Waals surface area contributed by atoms with E-state index in [-0.39, 0.29) is 11.8 Å². The summed E-state index contributed by atoms with van der Waals surface area (Å²) in [5, 5.41) is 4.14. The fraction of sp³-hybridized carbons (Fsp3) is 0.286. The number of carbonyl (C=O) groups excluding carboxylic acids is 1. The molecule has 4 rings (SSSR count). The highest BCUT2D eigenvalue weighted by Gasteiger charge is 2.30. The van der Waals surface area contributed by atoms with Crippen molar-refractivity contribution in [2.45, 2.75) is 23.7 Å². The van der Waals surface area contributed by atoms with Gasteiger partial charge in [-0.1, -0.05) is 41.6 Å². The van der Waals surface area contributed by atoms with E-state index in [1.807, 2.05) is 53.4 Å². The minimum Gasteiger partial charge on any atom is -0.342 e. The molecule has 2 heterocycles. The van der Waals surface area contributed by atoms with E-state index in [1.165, 1.54) is 4.90 Å². The topological polar surface area (TPSA) is 59.2 Å². The Balaban J connectivity index is 1.29. The van der Waals surface area contributed by atoms with Gasteiger partial charge in [0.2, 0.25) is 5.91 Å². The average molecular weight is 379 g/mol. The van der Waals surface area contributed by atoms with Crippen LogP contribution in [0.3, 0.4) is 0 Å². The molecule has 0 bridgehead atoms. The van der Waals surface area contributed by atoms with Gasteiger partial charge in [0.1, 0.15) is 0 Å². The van der Waals surface area contributed by atoms with Crippen LogP contribution in [-0.4, -0.2) is 39.8 Å². The monoisotopic (exact) mass is 379 g/mol. The summed E-state index contributed by atoms with van der Waals surface area (Å²) in [5.74, 6) is 2.38. The molecule has 0 saturated carbocycles. The van der Waals surface area contributed by atoms with Gasteiger partial charge in [0.15, 0.2) is 5.82 Å². The second-order valence-electron chi connectivity index (χ2n) is 6.56. The Morgan fingerprint density at radius 1 is 1.11 bits per heavy atom. The first-order valence-corrected chi connectivity index (χ1v) is 10.1. The number of aromatic nitrogens is 2. The van der Waals surface area contributed by atoms with Crippen LogP contribution >= 0.6 is 11.8 Å². The van der Waals surface area contributed by atoms with Gasteiger partial charge in [0.25, 0.3) is 5.89 Å². The number of benzene rings is 2. The zero-order chi connectivity index (χ0) is 18.5. The van der Waals surface area contributed by atoms with Crippen LogP contribution in [0.1, 0.15) is 24.6 Å². The Morgan fingerprint density at radius 3 is 2.63 bits per heavy atom. The SMILES string of the molecule is O=C(CCSc1ccccc1)N1CCC(c2noc(-c3ccccc3)n2)C1. The summed E-state index contributed by atoms with van der Waals surface area (Å²) < 4.78 is 5.40. The van der Waals surface area contributed by atoms with Crippen molar-refractivity contribution in [3.8, 4) is 11.5 Å². The predicted octanol–water partition coefficient (Wildman–Crippen LogP) is 4.23. The number of likely N-dealkylation sites (tertiary alicyclic amines) is 1. The first-order chi connectivity index (χ1) is 13.3. The summed E-state index contributed by atoms with van der Waals surface area (Å²) in [6.07, 6.45) is 1.43. The number of hydrogen-bond donors (Lipinski definition) is 0. The van der Waals surface area contributed by atoms with E-state index in [0.29, 0.717) is 24.7 Å². The molecule has 1 aromatic heterocycles. The second kappa shape index (κ2) is 8.39. The van der Waals surface area contributed by atoms with Gasteiger partial charge in [-0.25, -0.2) is 0 Å². The minimum atomic E-state index is 0.150. The van der Waals surface area contributed by atoms with Gasteiger partial charge in [-0.3, -0.25) is 4.79 Å². The highest BCUT2D eigenvalue weighted by Crippen LogP contribution is 2.28. The van der Waals surface area contributed by atoms with E-state index in [2.05, 4.69) is 22.3 Å². The van der Waals surface area contributed by atoms with E-state index in [0.717, 1.165) is 24.3 Å².